The second-order valence-electron chi connectivity index (χ2n) is 12.7. The zero-order valence-electron chi connectivity index (χ0n) is 26.8. The van der Waals surface area contributed by atoms with Crippen molar-refractivity contribution in [2.75, 3.05) is 6.54 Å². The average Bonchev–Trinajstić information content (AvgIpc) is 3.00. The minimum Gasteiger partial charge on any atom is -0.308 e. The van der Waals surface area contributed by atoms with Crippen molar-refractivity contribution in [1.82, 2.24) is 10.0 Å². The molecule has 1 aliphatic carbocycles. The van der Waals surface area contributed by atoms with Crippen LogP contribution >= 0.6 is 0 Å². The summed E-state index contributed by atoms with van der Waals surface area (Å²) in [6, 6.07) is 23.7. The largest absolute Gasteiger partial charge is 0.308 e. The van der Waals surface area contributed by atoms with Crippen LogP contribution in [0.1, 0.15) is 125 Å². The maximum Gasteiger partial charge on any atom is 0.241 e. The molecule has 43 heavy (non-hydrogen) atoms. The molecule has 0 aliphatic heterocycles. The Morgan fingerprint density at radius 2 is 1.26 bits per heavy atom. The van der Waals surface area contributed by atoms with Gasteiger partial charge in [0.15, 0.2) is 0 Å². The Bertz CT molecular complexity index is 1460. The van der Waals surface area contributed by atoms with Gasteiger partial charge in [-0.15, -0.1) is 0 Å². The summed E-state index contributed by atoms with van der Waals surface area (Å²) in [7, 11) is -3.91. The van der Waals surface area contributed by atoms with E-state index in [1.807, 2.05) is 48.5 Å². The maximum absolute atomic E-state index is 14.7. The quantitative estimate of drug-likeness (QED) is 0.144. The first kappa shape index (κ1) is 32.9. The Balaban J connectivity index is 1.75. The van der Waals surface area contributed by atoms with E-state index in [-0.39, 0.29) is 17.9 Å². The summed E-state index contributed by atoms with van der Waals surface area (Å²) in [5.41, 5.74) is 6.42. The van der Waals surface area contributed by atoms with Gasteiger partial charge in [0, 0.05) is 0 Å². The fourth-order valence-corrected chi connectivity index (χ4v) is 7.86. The third kappa shape index (κ3) is 8.56. The Hall–Kier alpha value is -2.99. The fraction of sp³-hybridized carbons (Fsp3) is 0.421. The molecule has 3 aromatic carbocycles. The Morgan fingerprint density at radius 1 is 0.698 bits per heavy atom. The molecule has 230 valence electrons. The third-order valence-corrected chi connectivity index (χ3v) is 9.98. The second kappa shape index (κ2) is 15.1. The minimum atomic E-state index is -3.91. The average molecular weight is 599 g/mol. The Labute approximate surface area is 260 Å². The molecule has 0 spiro atoms. The lowest BCUT2D eigenvalue weighted by atomic mass is 9.89. The third-order valence-electron chi connectivity index (χ3n) is 8.41. The highest BCUT2D eigenvalue weighted by molar-refractivity contribution is 7.89. The van der Waals surface area contributed by atoms with Crippen molar-refractivity contribution in [3.63, 3.8) is 0 Å². The molecule has 2 N–H and O–H groups in total. The van der Waals surface area contributed by atoms with Crippen molar-refractivity contribution in [2.24, 2.45) is 0 Å². The summed E-state index contributed by atoms with van der Waals surface area (Å²) < 4.78 is 32.6. The number of allylic oxidation sites excluding steroid dienone is 4. The molecule has 0 saturated carbocycles. The molecule has 4 nitrogen and oxygen atoms in total. The summed E-state index contributed by atoms with van der Waals surface area (Å²) in [5, 5.41) is 3.77. The van der Waals surface area contributed by atoms with Gasteiger partial charge in [-0.3, -0.25) is 0 Å². The van der Waals surface area contributed by atoms with Gasteiger partial charge < -0.3 is 5.32 Å². The first-order valence-electron chi connectivity index (χ1n) is 15.9. The lowest BCUT2D eigenvalue weighted by Crippen LogP contribution is -2.39. The van der Waals surface area contributed by atoms with Gasteiger partial charge >= 0.3 is 0 Å². The first-order chi connectivity index (χ1) is 20.6. The van der Waals surface area contributed by atoms with Crippen LogP contribution in [-0.4, -0.2) is 15.0 Å². The summed E-state index contributed by atoms with van der Waals surface area (Å²) in [6.07, 6.45) is 10.9. The van der Waals surface area contributed by atoms with Crippen molar-refractivity contribution in [2.45, 2.75) is 102 Å². The van der Waals surface area contributed by atoms with E-state index in [9.17, 15) is 8.42 Å². The molecular formula is C38H50N2O2S. The van der Waals surface area contributed by atoms with E-state index in [1.165, 1.54) is 11.1 Å². The van der Waals surface area contributed by atoms with Crippen molar-refractivity contribution in [3.05, 3.63) is 124 Å². The highest BCUT2D eigenvalue weighted by atomic mass is 32.2. The molecule has 0 amide bonds. The van der Waals surface area contributed by atoms with Crippen LogP contribution in [0, 0.1) is 0 Å². The van der Waals surface area contributed by atoms with Crippen LogP contribution < -0.4 is 10.0 Å². The van der Waals surface area contributed by atoms with Crippen molar-refractivity contribution in [3.8, 4) is 0 Å². The van der Waals surface area contributed by atoms with E-state index >= 15 is 0 Å². The van der Waals surface area contributed by atoms with Crippen LogP contribution in [0.4, 0.5) is 0 Å². The molecule has 0 heterocycles. The lowest BCUT2D eigenvalue weighted by Gasteiger charge is -2.31. The van der Waals surface area contributed by atoms with E-state index in [0.717, 1.165) is 54.5 Å². The first-order valence-corrected chi connectivity index (χ1v) is 17.4. The van der Waals surface area contributed by atoms with Crippen LogP contribution in [0.5, 0.6) is 0 Å². The molecule has 0 fully saturated rings. The number of hydrogen-bond donors (Lipinski definition) is 2. The SMILES string of the molecule is CC(C)c1cc(C(C)C)c(S(=O)(=O)N[C@@H](c2ccccc2)[C@@H](NCCCC2=CCC=CC2)c2ccccc2)c(C(C)C)c1. The van der Waals surface area contributed by atoms with Crippen LogP contribution in [-0.2, 0) is 10.0 Å². The maximum atomic E-state index is 14.7. The summed E-state index contributed by atoms with van der Waals surface area (Å²) >= 11 is 0. The van der Waals surface area contributed by atoms with Crippen molar-refractivity contribution in [1.29, 1.82) is 0 Å². The molecule has 0 aromatic heterocycles. The molecule has 0 unspecified atom stereocenters. The van der Waals surface area contributed by atoms with Crippen molar-refractivity contribution >= 4 is 10.0 Å². The van der Waals surface area contributed by atoms with Gasteiger partial charge in [0.1, 0.15) is 0 Å². The van der Waals surface area contributed by atoms with E-state index < -0.39 is 16.1 Å². The van der Waals surface area contributed by atoms with Crippen molar-refractivity contribution < 1.29 is 8.42 Å². The van der Waals surface area contributed by atoms with E-state index in [2.05, 4.69) is 94.1 Å². The topological polar surface area (TPSA) is 58.2 Å². The van der Waals surface area contributed by atoms with E-state index in [4.69, 9.17) is 0 Å². The number of benzene rings is 3. The van der Waals surface area contributed by atoms with Crippen LogP contribution in [0.3, 0.4) is 0 Å². The molecule has 2 atom stereocenters. The molecule has 0 saturated heterocycles. The number of hydrogen-bond acceptors (Lipinski definition) is 3. The molecule has 0 radical (unpaired) electrons. The monoisotopic (exact) mass is 598 g/mol. The predicted octanol–water partition coefficient (Wildman–Crippen LogP) is 9.46. The number of sulfonamides is 1. The van der Waals surface area contributed by atoms with Gasteiger partial charge in [-0.1, -0.05) is 138 Å². The summed E-state index contributed by atoms with van der Waals surface area (Å²) in [6.45, 7) is 13.5. The highest BCUT2D eigenvalue weighted by Crippen LogP contribution is 2.37. The Morgan fingerprint density at radius 3 is 1.74 bits per heavy atom. The Kier molecular flexibility index (Phi) is 11.6. The van der Waals surface area contributed by atoms with Gasteiger partial charge in [0.2, 0.25) is 10.0 Å². The van der Waals surface area contributed by atoms with Crippen LogP contribution in [0.2, 0.25) is 0 Å². The van der Waals surface area contributed by atoms with Gasteiger partial charge in [0.05, 0.1) is 17.0 Å². The normalized spacial score (nSPS) is 15.2. The van der Waals surface area contributed by atoms with Crippen LogP contribution in [0.15, 0.2) is 101 Å². The van der Waals surface area contributed by atoms with E-state index in [1.54, 1.807) is 0 Å². The number of nitrogens with one attached hydrogen (secondary N) is 2. The fourth-order valence-electron chi connectivity index (χ4n) is 5.93. The molecule has 0 bridgehead atoms. The molecule has 4 rings (SSSR count). The number of rotatable bonds is 14. The molecule has 3 aromatic rings. The standard InChI is InChI=1S/C38H50N2O2S/c1-27(2)33-25-34(28(3)4)38(35(26-33)29(5)6)43(41,42)40-37(32-22-14-9-15-23-32)36(31-20-12-8-13-21-31)39-24-16-19-30-17-10-7-11-18-30/h7-10,12-15,18,20-23,25-29,36-37,39-40H,11,16-17,19,24H2,1-6H3/t36-,37-/m0/s1. The molecular weight excluding hydrogens is 548 g/mol. The summed E-state index contributed by atoms with van der Waals surface area (Å²) in [4.78, 5) is 0.437. The van der Waals surface area contributed by atoms with Gasteiger partial charge in [-0.2, -0.15) is 0 Å². The molecule has 1 aliphatic rings. The predicted molar refractivity (Wildman–Crippen MR) is 181 cm³/mol. The van der Waals surface area contributed by atoms with Gasteiger partial charge in [-0.05, 0) is 77.8 Å². The van der Waals surface area contributed by atoms with Crippen LogP contribution in [0.25, 0.3) is 0 Å². The zero-order chi connectivity index (χ0) is 31.0. The highest BCUT2D eigenvalue weighted by Gasteiger charge is 2.33. The van der Waals surface area contributed by atoms with Gasteiger partial charge in [-0.25, -0.2) is 13.1 Å². The minimum absolute atomic E-state index is 0.0601. The second-order valence-corrected chi connectivity index (χ2v) is 14.4. The van der Waals surface area contributed by atoms with Gasteiger partial charge in [0.25, 0.3) is 0 Å². The zero-order valence-corrected chi connectivity index (χ0v) is 27.6. The molecule has 5 heteroatoms. The smallest absolute Gasteiger partial charge is 0.241 e. The van der Waals surface area contributed by atoms with E-state index in [0.29, 0.717) is 10.8 Å². The summed E-state index contributed by atoms with van der Waals surface area (Å²) in [5.74, 6) is 0.429. The lowest BCUT2D eigenvalue weighted by molar-refractivity contribution is 0.419.